The Morgan fingerprint density at radius 3 is 2.82 bits per heavy atom. The van der Waals surface area contributed by atoms with E-state index in [4.69, 9.17) is 14.7 Å². The molecule has 4 aromatic heterocycles. The molecular weight excluding hydrogens is 442 g/mol. The molecule has 0 radical (unpaired) electrons. The molecule has 0 atom stereocenters. The molecule has 5 heterocycles. The van der Waals surface area contributed by atoms with Crippen molar-refractivity contribution < 1.29 is 14.6 Å². The highest BCUT2D eigenvalue weighted by atomic mass is 32.1. The van der Waals surface area contributed by atoms with Gasteiger partial charge in [0.25, 0.3) is 5.91 Å². The number of hydrogen-bond donors (Lipinski definition) is 2. The fourth-order valence-corrected chi connectivity index (χ4v) is 5.13. The molecule has 4 aromatic rings. The van der Waals surface area contributed by atoms with E-state index in [9.17, 15) is 9.90 Å². The summed E-state index contributed by atoms with van der Waals surface area (Å²) in [7, 11) is 1.69. The zero-order valence-corrected chi connectivity index (χ0v) is 19.5. The lowest BCUT2D eigenvalue weighted by atomic mass is 10.1. The average molecular weight is 468 g/mol. The maximum absolute atomic E-state index is 12.5. The normalized spacial score (nSPS) is 14.8. The largest absolute Gasteiger partial charge is 0.381 e. The quantitative estimate of drug-likeness (QED) is 0.458. The topological polar surface area (TPSA) is 120 Å². The number of thiophene rings is 1. The number of likely N-dealkylation sites (N-methyl/N-ethyl adjacent to an activating group) is 1. The average Bonchev–Trinajstić information content (AvgIpc) is 3.44. The van der Waals surface area contributed by atoms with Crippen molar-refractivity contribution in [2.24, 2.45) is 0 Å². The van der Waals surface area contributed by atoms with Crippen molar-refractivity contribution in [3.63, 3.8) is 0 Å². The second-order valence-corrected chi connectivity index (χ2v) is 9.77. The van der Waals surface area contributed by atoms with Gasteiger partial charge in [0.05, 0.1) is 47.9 Å². The summed E-state index contributed by atoms with van der Waals surface area (Å²) in [4.78, 5) is 31.3. The number of amides is 1. The molecule has 0 aliphatic carbocycles. The summed E-state index contributed by atoms with van der Waals surface area (Å²) in [5, 5.41) is 18.1. The van der Waals surface area contributed by atoms with Gasteiger partial charge in [0.2, 0.25) is 0 Å². The summed E-state index contributed by atoms with van der Waals surface area (Å²) >= 11 is 1.57. The van der Waals surface area contributed by atoms with Gasteiger partial charge < -0.3 is 19.6 Å². The fourth-order valence-electron chi connectivity index (χ4n) is 3.97. The Hall–Kier alpha value is -3.15. The Balaban J connectivity index is 1.60. The minimum Gasteiger partial charge on any atom is -0.381 e. The number of H-pyrrole nitrogens is 1. The molecule has 11 heteroatoms. The third-order valence-electron chi connectivity index (χ3n) is 5.59. The summed E-state index contributed by atoms with van der Waals surface area (Å²) < 4.78 is 6.50. The van der Waals surface area contributed by atoms with Crippen LogP contribution in [0.3, 0.4) is 0 Å². The van der Waals surface area contributed by atoms with Crippen LogP contribution in [0, 0.1) is 0 Å². The van der Waals surface area contributed by atoms with Gasteiger partial charge in [0.15, 0.2) is 11.6 Å². The van der Waals surface area contributed by atoms with E-state index in [2.05, 4.69) is 20.1 Å². The first-order valence-electron chi connectivity index (χ1n) is 10.7. The first-order chi connectivity index (χ1) is 15.8. The third kappa shape index (κ3) is 4.14. The number of anilines is 1. The number of carbonyl (C=O) groups is 1. The van der Waals surface area contributed by atoms with Gasteiger partial charge >= 0.3 is 0 Å². The standard InChI is InChI=1S/C22H25N7O3S/c1-22(2,31)21(30)28(3)12-13-8-16-18(33-13)20(29-4-6-32-7-5-29)26-19(25-16)15-9-23-11-17-14(15)10-24-27-17/h8-11,31H,4-7,12H2,1-3H3,(H,24,27). The maximum Gasteiger partial charge on any atom is 0.254 e. The lowest BCUT2D eigenvalue weighted by Gasteiger charge is -2.28. The van der Waals surface area contributed by atoms with Gasteiger partial charge in [-0.15, -0.1) is 11.3 Å². The Kier molecular flexibility index (Phi) is 5.47. The Morgan fingerprint density at radius 1 is 1.27 bits per heavy atom. The molecule has 5 rings (SSSR count). The predicted molar refractivity (Wildman–Crippen MR) is 126 cm³/mol. The molecule has 0 aromatic carbocycles. The monoisotopic (exact) mass is 467 g/mol. The first-order valence-corrected chi connectivity index (χ1v) is 11.5. The SMILES string of the molecule is CN(Cc1cc2nc(-c3cncc4[nH]ncc34)nc(N3CCOCC3)c2s1)C(=O)C(C)(C)O. The maximum atomic E-state index is 12.5. The van der Waals surface area contributed by atoms with Crippen LogP contribution in [0.2, 0.25) is 0 Å². The van der Waals surface area contributed by atoms with Crippen LogP contribution in [0.25, 0.3) is 32.5 Å². The smallest absolute Gasteiger partial charge is 0.254 e. The summed E-state index contributed by atoms with van der Waals surface area (Å²) in [6.07, 6.45) is 5.24. The van der Waals surface area contributed by atoms with Crippen molar-refractivity contribution in [2.45, 2.75) is 26.0 Å². The molecule has 0 saturated carbocycles. The molecule has 0 bridgehead atoms. The molecule has 1 fully saturated rings. The van der Waals surface area contributed by atoms with Crippen LogP contribution in [0.5, 0.6) is 0 Å². The van der Waals surface area contributed by atoms with E-state index in [1.807, 2.05) is 6.07 Å². The highest BCUT2D eigenvalue weighted by molar-refractivity contribution is 7.19. The molecule has 172 valence electrons. The number of nitrogens with zero attached hydrogens (tertiary/aromatic N) is 6. The minimum atomic E-state index is -1.42. The number of nitrogens with one attached hydrogen (secondary N) is 1. The Labute approximate surface area is 194 Å². The van der Waals surface area contributed by atoms with Crippen molar-refractivity contribution in [2.75, 3.05) is 38.3 Å². The van der Waals surface area contributed by atoms with Gasteiger partial charge in [-0.2, -0.15) is 5.10 Å². The Morgan fingerprint density at radius 2 is 2.06 bits per heavy atom. The number of fused-ring (bicyclic) bond motifs is 2. The second kappa shape index (κ2) is 8.32. The second-order valence-electron chi connectivity index (χ2n) is 8.64. The van der Waals surface area contributed by atoms with Gasteiger partial charge in [-0.1, -0.05) is 0 Å². The number of rotatable bonds is 5. The van der Waals surface area contributed by atoms with Gasteiger partial charge in [-0.25, -0.2) is 9.97 Å². The van der Waals surface area contributed by atoms with E-state index in [0.717, 1.165) is 50.5 Å². The number of aliphatic hydroxyl groups is 1. The molecule has 0 spiro atoms. The highest BCUT2D eigenvalue weighted by Crippen LogP contribution is 2.36. The lowest BCUT2D eigenvalue weighted by molar-refractivity contribution is -0.146. The molecule has 0 unspecified atom stereocenters. The summed E-state index contributed by atoms with van der Waals surface area (Å²) in [6.45, 7) is 6.13. The van der Waals surface area contributed by atoms with Crippen LogP contribution in [0.4, 0.5) is 5.82 Å². The van der Waals surface area contributed by atoms with E-state index in [0.29, 0.717) is 25.6 Å². The van der Waals surface area contributed by atoms with E-state index in [1.54, 1.807) is 37.0 Å². The first kappa shape index (κ1) is 21.7. The van der Waals surface area contributed by atoms with E-state index >= 15 is 0 Å². The lowest BCUT2D eigenvalue weighted by Crippen LogP contribution is -2.42. The Bertz CT molecular complexity index is 1320. The van der Waals surface area contributed by atoms with E-state index in [-0.39, 0.29) is 5.91 Å². The number of ether oxygens (including phenoxy) is 1. The zero-order chi connectivity index (χ0) is 23.2. The van der Waals surface area contributed by atoms with Gasteiger partial charge in [-0.3, -0.25) is 14.9 Å². The summed E-state index contributed by atoms with van der Waals surface area (Å²) in [5.41, 5.74) is 1.01. The number of morpholine rings is 1. The molecule has 1 amide bonds. The number of aromatic nitrogens is 5. The van der Waals surface area contributed by atoms with Crippen molar-refractivity contribution >= 4 is 44.2 Å². The zero-order valence-electron chi connectivity index (χ0n) is 18.7. The molecular formula is C22H25N7O3S. The minimum absolute atomic E-state index is 0.335. The number of hydrogen-bond acceptors (Lipinski definition) is 9. The molecule has 1 aliphatic heterocycles. The molecule has 2 N–H and O–H groups in total. The number of carbonyl (C=O) groups excluding carboxylic acids is 1. The summed E-state index contributed by atoms with van der Waals surface area (Å²) in [6, 6.07) is 1.99. The van der Waals surface area contributed by atoms with Crippen LogP contribution in [-0.2, 0) is 16.1 Å². The van der Waals surface area contributed by atoms with Crippen LogP contribution >= 0.6 is 11.3 Å². The van der Waals surface area contributed by atoms with Crippen molar-refractivity contribution in [3.8, 4) is 11.4 Å². The van der Waals surface area contributed by atoms with Crippen molar-refractivity contribution in [1.82, 2.24) is 30.0 Å². The van der Waals surface area contributed by atoms with Crippen molar-refractivity contribution in [1.29, 1.82) is 0 Å². The fraction of sp³-hybridized carbons (Fsp3) is 0.409. The van der Waals surface area contributed by atoms with Crippen LogP contribution < -0.4 is 4.90 Å². The van der Waals surface area contributed by atoms with Crippen molar-refractivity contribution in [3.05, 3.63) is 29.5 Å². The third-order valence-corrected chi connectivity index (χ3v) is 6.69. The van der Waals surface area contributed by atoms with Gasteiger partial charge in [-0.05, 0) is 19.9 Å². The van der Waals surface area contributed by atoms with E-state index < -0.39 is 5.60 Å². The number of aromatic amines is 1. The number of pyridine rings is 1. The molecule has 1 saturated heterocycles. The molecule has 33 heavy (non-hydrogen) atoms. The van der Waals surface area contributed by atoms with Crippen LogP contribution in [0.1, 0.15) is 18.7 Å². The van der Waals surface area contributed by atoms with Crippen LogP contribution in [0.15, 0.2) is 24.7 Å². The molecule has 10 nitrogen and oxygen atoms in total. The predicted octanol–water partition coefficient (Wildman–Crippen LogP) is 2.20. The van der Waals surface area contributed by atoms with Crippen LogP contribution in [-0.4, -0.2) is 80.0 Å². The molecule has 1 aliphatic rings. The highest BCUT2D eigenvalue weighted by Gasteiger charge is 2.28. The van der Waals surface area contributed by atoms with Gasteiger partial charge in [0, 0.05) is 42.2 Å². The summed E-state index contributed by atoms with van der Waals surface area (Å²) in [5.74, 6) is 1.10. The van der Waals surface area contributed by atoms with E-state index in [1.165, 1.54) is 18.7 Å². The van der Waals surface area contributed by atoms with Gasteiger partial charge in [0.1, 0.15) is 5.60 Å².